The van der Waals surface area contributed by atoms with Gasteiger partial charge in [-0.3, -0.25) is 4.79 Å². The van der Waals surface area contributed by atoms with Crippen molar-refractivity contribution in [3.05, 3.63) is 58.4 Å². The van der Waals surface area contributed by atoms with E-state index in [0.717, 1.165) is 0 Å². The van der Waals surface area contributed by atoms with Crippen LogP contribution >= 0.6 is 0 Å². The van der Waals surface area contributed by atoms with Crippen molar-refractivity contribution in [3.8, 4) is 22.8 Å². The number of aliphatic hydroxyl groups is 1. The number of hydrogen-bond acceptors (Lipinski definition) is 6. The average Bonchev–Trinajstić information content (AvgIpc) is 3.06. The monoisotopic (exact) mass is 366 g/mol. The van der Waals surface area contributed by atoms with Crippen LogP contribution in [0.1, 0.15) is 19.6 Å². The van der Waals surface area contributed by atoms with Crippen LogP contribution in [0, 0.1) is 0 Å². The van der Waals surface area contributed by atoms with Gasteiger partial charge in [-0.15, -0.1) is 0 Å². The molecule has 4 aromatic rings. The van der Waals surface area contributed by atoms with E-state index in [4.69, 9.17) is 13.6 Å². The largest absolute Gasteiger partial charge is 0.507 e. The first-order valence-corrected chi connectivity index (χ1v) is 8.40. The Morgan fingerprint density at radius 1 is 1.07 bits per heavy atom. The van der Waals surface area contributed by atoms with Crippen molar-refractivity contribution >= 4 is 21.9 Å². The minimum absolute atomic E-state index is 0.00197. The third-order valence-corrected chi connectivity index (χ3v) is 4.44. The van der Waals surface area contributed by atoms with E-state index in [1.807, 2.05) is 18.2 Å². The Bertz CT molecular complexity index is 1210. The molecule has 2 aromatic heterocycles. The summed E-state index contributed by atoms with van der Waals surface area (Å²) in [5.41, 5.74) is -0.562. The summed E-state index contributed by atoms with van der Waals surface area (Å²) in [4.78, 5) is 13.0. The van der Waals surface area contributed by atoms with Crippen LogP contribution in [0.3, 0.4) is 0 Å². The molecule has 27 heavy (non-hydrogen) atoms. The predicted octanol–water partition coefficient (Wildman–Crippen LogP) is 4.15. The molecule has 2 heterocycles. The van der Waals surface area contributed by atoms with Gasteiger partial charge < -0.3 is 23.8 Å². The molecule has 0 atom stereocenters. The molecule has 0 fully saturated rings. The molecule has 0 aliphatic rings. The molecule has 0 aliphatic carbocycles. The Labute approximate surface area is 154 Å². The minimum atomic E-state index is -1.23. The molecule has 0 amide bonds. The van der Waals surface area contributed by atoms with Crippen molar-refractivity contribution < 1.29 is 23.8 Å². The first kappa shape index (κ1) is 17.2. The zero-order valence-corrected chi connectivity index (χ0v) is 15.1. The van der Waals surface area contributed by atoms with E-state index >= 15 is 0 Å². The van der Waals surface area contributed by atoms with Crippen molar-refractivity contribution in [1.82, 2.24) is 0 Å². The summed E-state index contributed by atoms with van der Waals surface area (Å²) in [5.74, 6) is 0.285. The fourth-order valence-electron chi connectivity index (χ4n) is 3.09. The van der Waals surface area contributed by atoms with Crippen LogP contribution in [0.2, 0.25) is 0 Å². The lowest BCUT2D eigenvalue weighted by molar-refractivity contribution is 0.0559. The standard InChI is InChI=1S/C21H18O6/c1-21(2,24)15-9-12-14(26-15)10-13(22)16-17(23)20(25-3)18(27-19(12)16)11-7-5-4-6-8-11/h4-10,22,24H,1-3H3. The number of methoxy groups -OCH3 is 1. The summed E-state index contributed by atoms with van der Waals surface area (Å²) >= 11 is 0. The highest BCUT2D eigenvalue weighted by atomic mass is 16.5. The zero-order chi connectivity index (χ0) is 19.3. The van der Waals surface area contributed by atoms with Crippen LogP contribution < -0.4 is 10.2 Å². The van der Waals surface area contributed by atoms with Crippen LogP contribution in [0.25, 0.3) is 33.3 Å². The minimum Gasteiger partial charge on any atom is -0.507 e. The van der Waals surface area contributed by atoms with Crippen molar-refractivity contribution in [3.63, 3.8) is 0 Å². The van der Waals surface area contributed by atoms with Crippen LogP contribution in [-0.4, -0.2) is 17.3 Å². The number of phenolic OH excluding ortho intramolecular Hbond substituents is 1. The van der Waals surface area contributed by atoms with Gasteiger partial charge in [-0.1, -0.05) is 30.3 Å². The molecular weight excluding hydrogens is 348 g/mol. The highest BCUT2D eigenvalue weighted by Crippen LogP contribution is 2.39. The van der Waals surface area contributed by atoms with Crippen molar-refractivity contribution in [2.75, 3.05) is 7.11 Å². The van der Waals surface area contributed by atoms with E-state index in [1.165, 1.54) is 13.2 Å². The van der Waals surface area contributed by atoms with Crippen LogP contribution in [0.15, 0.2) is 56.1 Å². The summed E-state index contributed by atoms with van der Waals surface area (Å²) < 4.78 is 17.0. The molecule has 6 heteroatoms. The van der Waals surface area contributed by atoms with Gasteiger partial charge in [0.2, 0.25) is 11.2 Å². The van der Waals surface area contributed by atoms with E-state index < -0.39 is 11.0 Å². The van der Waals surface area contributed by atoms with E-state index in [9.17, 15) is 15.0 Å². The first-order chi connectivity index (χ1) is 12.8. The Hall–Kier alpha value is -3.25. The van der Waals surface area contributed by atoms with Gasteiger partial charge in [-0.2, -0.15) is 0 Å². The van der Waals surface area contributed by atoms with Gasteiger partial charge in [-0.05, 0) is 19.9 Å². The SMILES string of the molecule is COc1c(-c2ccccc2)oc2c(c(O)cc3oc(C(C)(C)O)cc32)c1=O. The molecule has 0 radical (unpaired) electrons. The molecule has 0 aliphatic heterocycles. The van der Waals surface area contributed by atoms with Crippen molar-refractivity contribution in [2.24, 2.45) is 0 Å². The third kappa shape index (κ3) is 2.65. The predicted molar refractivity (Wildman–Crippen MR) is 101 cm³/mol. The number of fused-ring (bicyclic) bond motifs is 3. The molecule has 0 spiro atoms. The van der Waals surface area contributed by atoms with Gasteiger partial charge in [0.1, 0.15) is 28.1 Å². The molecular formula is C21H18O6. The normalized spacial score (nSPS) is 12.0. The van der Waals surface area contributed by atoms with E-state index in [1.54, 1.807) is 32.0 Å². The van der Waals surface area contributed by atoms with Gasteiger partial charge in [0.05, 0.1) is 12.5 Å². The third-order valence-electron chi connectivity index (χ3n) is 4.44. The maximum Gasteiger partial charge on any atom is 0.239 e. The highest BCUT2D eigenvalue weighted by molar-refractivity contribution is 6.06. The van der Waals surface area contributed by atoms with Crippen LogP contribution in [0.4, 0.5) is 0 Å². The summed E-state index contributed by atoms with van der Waals surface area (Å²) in [7, 11) is 1.38. The number of phenols is 1. The lowest BCUT2D eigenvalue weighted by Gasteiger charge is -2.12. The maximum atomic E-state index is 13.0. The molecule has 6 nitrogen and oxygen atoms in total. The molecule has 4 rings (SSSR count). The van der Waals surface area contributed by atoms with Crippen LogP contribution in [0.5, 0.6) is 11.5 Å². The van der Waals surface area contributed by atoms with E-state index in [0.29, 0.717) is 22.3 Å². The van der Waals surface area contributed by atoms with Crippen molar-refractivity contribution in [2.45, 2.75) is 19.4 Å². The second-order valence-corrected chi connectivity index (χ2v) is 6.84. The first-order valence-electron chi connectivity index (χ1n) is 8.40. The topological polar surface area (TPSA) is 93.0 Å². The number of furan rings is 1. The average molecular weight is 366 g/mol. The maximum absolute atomic E-state index is 13.0. The lowest BCUT2D eigenvalue weighted by Crippen LogP contribution is -2.13. The summed E-state index contributed by atoms with van der Waals surface area (Å²) in [6.07, 6.45) is 0. The van der Waals surface area contributed by atoms with Gasteiger partial charge >= 0.3 is 0 Å². The molecule has 0 unspecified atom stereocenters. The molecule has 0 bridgehead atoms. The molecule has 138 valence electrons. The van der Waals surface area contributed by atoms with Crippen molar-refractivity contribution in [1.29, 1.82) is 0 Å². The number of benzene rings is 2. The highest BCUT2D eigenvalue weighted by Gasteiger charge is 2.26. The van der Waals surface area contributed by atoms with Crippen LogP contribution in [-0.2, 0) is 5.60 Å². The summed E-state index contributed by atoms with van der Waals surface area (Å²) in [6, 6.07) is 12.0. The molecule has 0 saturated carbocycles. The molecule has 0 saturated heterocycles. The second kappa shape index (κ2) is 5.89. The quantitative estimate of drug-likeness (QED) is 0.566. The lowest BCUT2D eigenvalue weighted by atomic mass is 10.0. The van der Waals surface area contributed by atoms with Gasteiger partial charge in [0.25, 0.3) is 0 Å². The fourth-order valence-corrected chi connectivity index (χ4v) is 3.09. The molecule has 2 N–H and O–H groups in total. The zero-order valence-electron chi connectivity index (χ0n) is 15.1. The fraction of sp³-hybridized carbons (Fsp3) is 0.190. The van der Waals surface area contributed by atoms with Gasteiger partial charge in [0, 0.05) is 11.6 Å². The van der Waals surface area contributed by atoms with Gasteiger partial charge in [0.15, 0.2) is 11.3 Å². The molecule has 2 aromatic carbocycles. The smallest absolute Gasteiger partial charge is 0.239 e. The number of aromatic hydroxyl groups is 1. The Morgan fingerprint density at radius 3 is 2.41 bits per heavy atom. The summed E-state index contributed by atoms with van der Waals surface area (Å²) in [6.45, 7) is 3.17. The number of hydrogen-bond donors (Lipinski definition) is 2. The Balaban J connectivity index is 2.16. The summed E-state index contributed by atoms with van der Waals surface area (Å²) in [5, 5.41) is 21.1. The van der Waals surface area contributed by atoms with E-state index in [-0.39, 0.29) is 28.2 Å². The van der Waals surface area contributed by atoms with E-state index in [2.05, 4.69) is 0 Å². The Morgan fingerprint density at radius 2 is 1.78 bits per heavy atom. The van der Waals surface area contributed by atoms with Gasteiger partial charge in [-0.25, -0.2) is 0 Å². The number of rotatable bonds is 3. The number of ether oxygens (including phenoxy) is 1. The Kier molecular flexibility index (Phi) is 3.75. The second-order valence-electron chi connectivity index (χ2n) is 6.84.